The lowest BCUT2D eigenvalue weighted by molar-refractivity contribution is -0.116. The number of benzene rings is 2. The first-order chi connectivity index (χ1) is 17.7. The van der Waals surface area contributed by atoms with Crippen LogP contribution < -0.4 is 10.1 Å². The summed E-state index contributed by atoms with van der Waals surface area (Å²) in [6.07, 6.45) is 5.24. The van der Waals surface area contributed by atoms with Crippen LogP contribution in [0.3, 0.4) is 0 Å². The summed E-state index contributed by atoms with van der Waals surface area (Å²) < 4.78 is 19.7. The summed E-state index contributed by atoms with van der Waals surface area (Å²) in [5, 5.41) is 3.33. The predicted octanol–water partition coefficient (Wildman–Crippen LogP) is 5.07. The second-order valence-electron chi connectivity index (χ2n) is 9.84. The van der Waals surface area contributed by atoms with Gasteiger partial charge in [-0.15, -0.1) is 0 Å². The molecule has 0 spiro atoms. The summed E-state index contributed by atoms with van der Waals surface area (Å²) in [5.74, 6) is 0.234. The predicted molar refractivity (Wildman–Crippen MR) is 140 cm³/mol. The minimum Gasteiger partial charge on any atom is -0.484 e. The van der Waals surface area contributed by atoms with Crippen LogP contribution in [0.5, 0.6) is 5.75 Å². The van der Waals surface area contributed by atoms with E-state index in [1.807, 2.05) is 43.3 Å². The third-order valence-corrected chi connectivity index (χ3v) is 6.79. The molecule has 2 amide bonds. The average Bonchev–Trinajstić information content (AvgIpc) is 3.29. The first-order valence-corrected chi connectivity index (χ1v) is 12.5. The van der Waals surface area contributed by atoms with E-state index in [0.29, 0.717) is 29.3 Å². The van der Waals surface area contributed by atoms with Gasteiger partial charge in [0.1, 0.15) is 17.5 Å². The van der Waals surface area contributed by atoms with Crippen LogP contribution in [0.4, 0.5) is 4.39 Å². The zero-order valence-corrected chi connectivity index (χ0v) is 21.4. The molecule has 3 heterocycles. The molecular formula is C29H27ClFN3O3. The third-order valence-electron chi connectivity index (χ3n) is 6.51. The molecule has 0 bridgehead atoms. The van der Waals surface area contributed by atoms with E-state index in [2.05, 4.69) is 10.3 Å². The zero-order valence-electron chi connectivity index (χ0n) is 20.6. The molecule has 2 aromatic carbocycles. The van der Waals surface area contributed by atoms with Gasteiger partial charge >= 0.3 is 0 Å². The molecule has 0 saturated carbocycles. The molecule has 0 aliphatic carbocycles. The number of carbonyl (C=O) groups is 2. The Morgan fingerprint density at radius 2 is 1.95 bits per heavy atom. The van der Waals surface area contributed by atoms with Gasteiger partial charge in [0.15, 0.2) is 0 Å². The van der Waals surface area contributed by atoms with Crippen molar-refractivity contribution in [2.75, 3.05) is 13.1 Å². The number of carbonyl (C=O) groups excluding carboxylic acids is 2. The minimum atomic E-state index is -1.30. The molecule has 190 valence electrons. The largest absolute Gasteiger partial charge is 0.484 e. The summed E-state index contributed by atoms with van der Waals surface area (Å²) in [6.45, 7) is 4.05. The van der Waals surface area contributed by atoms with Gasteiger partial charge in [-0.1, -0.05) is 29.8 Å². The van der Waals surface area contributed by atoms with Crippen LogP contribution in [0.1, 0.15) is 34.1 Å². The first-order valence-electron chi connectivity index (χ1n) is 12.1. The minimum absolute atomic E-state index is 0.121. The summed E-state index contributed by atoms with van der Waals surface area (Å²) in [6, 6.07) is 14.9. The van der Waals surface area contributed by atoms with Crippen molar-refractivity contribution in [3.05, 3.63) is 94.3 Å². The number of aromatic nitrogens is 1. The fourth-order valence-corrected chi connectivity index (χ4v) is 4.83. The lowest BCUT2D eigenvalue weighted by atomic mass is 9.96. The SMILES string of the molecule is Cc1ccc(CNC(=O)/C=C/C2Cc3cc(-c4ccc(C(=O)N5CC(C)(F)C5)cc4)cc(Cl)c3O2)cn1. The lowest BCUT2D eigenvalue weighted by Gasteiger charge is -2.42. The van der Waals surface area contributed by atoms with Crippen molar-refractivity contribution in [1.29, 1.82) is 0 Å². The summed E-state index contributed by atoms with van der Waals surface area (Å²) in [7, 11) is 0. The van der Waals surface area contributed by atoms with E-state index in [4.69, 9.17) is 16.3 Å². The first kappa shape index (κ1) is 25.0. The number of aryl methyl sites for hydroxylation is 1. The van der Waals surface area contributed by atoms with Gasteiger partial charge in [-0.3, -0.25) is 14.6 Å². The smallest absolute Gasteiger partial charge is 0.254 e. The molecule has 1 fully saturated rings. The Balaban J connectivity index is 1.20. The van der Waals surface area contributed by atoms with Crippen molar-refractivity contribution < 1.29 is 18.7 Å². The Bertz CT molecular complexity index is 1360. The highest BCUT2D eigenvalue weighted by Crippen LogP contribution is 2.40. The summed E-state index contributed by atoms with van der Waals surface area (Å²) in [5.41, 5.74) is 3.84. The quantitative estimate of drug-likeness (QED) is 0.461. The number of nitrogens with one attached hydrogen (secondary N) is 1. The van der Waals surface area contributed by atoms with Crippen molar-refractivity contribution in [1.82, 2.24) is 15.2 Å². The molecule has 1 saturated heterocycles. The van der Waals surface area contributed by atoms with E-state index in [-0.39, 0.29) is 31.0 Å². The van der Waals surface area contributed by atoms with Crippen molar-refractivity contribution in [2.24, 2.45) is 0 Å². The number of halogens is 2. The van der Waals surface area contributed by atoms with E-state index in [1.165, 1.54) is 17.9 Å². The average molecular weight is 520 g/mol. The van der Waals surface area contributed by atoms with Crippen LogP contribution >= 0.6 is 11.6 Å². The number of nitrogens with zero attached hydrogens (tertiary/aromatic N) is 2. The van der Waals surface area contributed by atoms with Crippen LogP contribution in [0.2, 0.25) is 5.02 Å². The highest BCUT2D eigenvalue weighted by Gasteiger charge is 2.41. The van der Waals surface area contributed by atoms with E-state index >= 15 is 0 Å². The van der Waals surface area contributed by atoms with Gasteiger partial charge in [0.2, 0.25) is 5.91 Å². The highest BCUT2D eigenvalue weighted by molar-refractivity contribution is 6.32. The fraction of sp³-hybridized carbons (Fsp3) is 0.276. The number of hydrogen-bond donors (Lipinski definition) is 1. The van der Waals surface area contributed by atoms with Gasteiger partial charge in [0, 0.05) is 42.1 Å². The van der Waals surface area contributed by atoms with Gasteiger partial charge in [0.25, 0.3) is 5.91 Å². The van der Waals surface area contributed by atoms with Crippen LogP contribution in [-0.2, 0) is 17.8 Å². The maximum atomic E-state index is 13.7. The molecule has 1 unspecified atom stereocenters. The zero-order chi connectivity index (χ0) is 26.2. The summed E-state index contributed by atoms with van der Waals surface area (Å²) >= 11 is 6.53. The molecule has 1 atom stereocenters. The van der Waals surface area contributed by atoms with Crippen molar-refractivity contribution in [3.8, 4) is 16.9 Å². The molecular weight excluding hydrogens is 493 g/mol. The van der Waals surface area contributed by atoms with E-state index < -0.39 is 5.67 Å². The Kier molecular flexibility index (Phi) is 6.73. The number of amides is 2. The standard InChI is InChI=1S/C29H27ClFN3O3/c1-18-3-4-19(14-32-18)15-33-26(35)10-9-24-12-23-11-22(13-25(30)27(23)37-24)20-5-7-21(8-6-20)28(36)34-16-29(2,31)17-34/h3-11,13-14,24H,12,15-17H2,1-2H3,(H,33,35)/b10-9+. The maximum absolute atomic E-state index is 13.7. The highest BCUT2D eigenvalue weighted by atomic mass is 35.5. The van der Waals surface area contributed by atoms with E-state index in [1.54, 1.807) is 24.4 Å². The second-order valence-corrected chi connectivity index (χ2v) is 10.3. The van der Waals surface area contributed by atoms with E-state index in [9.17, 15) is 14.0 Å². The number of pyridine rings is 1. The number of alkyl halides is 1. The lowest BCUT2D eigenvalue weighted by Crippen LogP contribution is -2.59. The maximum Gasteiger partial charge on any atom is 0.254 e. The number of likely N-dealkylation sites (tertiary alicyclic amines) is 1. The molecule has 2 aliphatic rings. The third kappa shape index (κ3) is 5.67. The Morgan fingerprint density at radius 3 is 2.62 bits per heavy atom. The van der Waals surface area contributed by atoms with Gasteiger partial charge < -0.3 is 15.0 Å². The fourth-order valence-electron chi connectivity index (χ4n) is 4.54. The van der Waals surface area contributed by atoms with Gasteiger partial charge in [-0.05, 0) is 66.9 Å². The van der Waals surface area contributed by atoms with Gasteiger partial charge in [-0.2, -0.15) is 0 Å². The normalized spacial score (nSPS) is 17.7. The molecule has 1 N–H and O–H groups in total. The van der Waals surface area contributed by atoms with Crippen LogP contribution in [-0.4, -0.2) is 46.6 Å². The molecule has 2 aliphatic heterocycles. The molecule has 8 heteroatoms. The monoisotopic (exact) mass is 519 g/mol. The van der Waals surface area contributed by atoms with Crippen molar-refractivity contribution in [2.45, 2.75) is 38.6 Å². The Morgan fingerprint density at radius 1 is 1.19 bits per heavy atom. The molecule has 37 heavy (non-hydrogen) atoms. The topological polar surface area (TPSA) is 71.5 Å². The molecule has 1 aromatic heterocycles. The van der Waals surface area contributed by atoms with Crippen LogP contribution in [0, 0.1) is 6.92 Å². The number of fused-ring (bicyclic) bond motifs is 1. The Hall–Kier alpha value is -3.71. The molecule has 0 radical (unpaired) electrons. The van der Waals surface area contributed by atoms with Gasteiger partial charge in [0.05, 0.1) is 18.1 Å². The number of hydrogen-bond acceptors (Lipinski definition) is 4. The number of ether oxygens (including phenoxy) is 1. The van der Waals surface area contributed by atoms with Crippen molar-refractivity contribution in [3.63, 3.8) is 0 Å². The van der Waals surface area contributed by atoms with Crippen LogP contribution in [0.15, 0.2) is 66.9 Å². The Labute approximate surface area is 220 Å². The molecule has 5 rings (SSSR count). The van der Waals surface area contributed by atoms with Gasteiger partial charge in [-0.25, -0.2) is 4.39 Å². The van der Waals surface area contributed by atoms with E-state index in [0.717, 1.165) is 27.9 Å². The second kappa shape index (κ2) is 9.98. The summed E-state index contributed by atoms with van der Waals surface area (Å²) in [4.78, 5) is 30.5. The van der Waals surface area contributed by atoms with Crippen LogP contribution in [0.25, 0.3) is 11.1 Å². The van der Waals surface area contributed by atoms with Crippen molar-refractivity contribution >= 4 is 23.4 Å². The molecule has 3 aromatic rings. The number of rotatable bonds is 6. The molecule has 6 nitrogen and oxygen atoms in total.